The molecule has 1 saturated heterocycles. The molecule has 0 aromatic heterocycles. The van der Waals surface area contributed by atoms with Gasteiger partial charge < -0.3 is 10.2 Å². The van der Waals surface area contributed by atoms with Crippen LogP contribution in [0.5, 0.6) is 0 Å². The Morgan fingerprint density at radius 1 is 1.32 bits per heavy atom. The van der Waals surface area contributed by atoms with Crippen LogP contribution >= 0.6 is 0 Å². The van der Waals surface area contributed by atoms with Crippen LogP contribution in [-0.4, -0.2) is 34.8 Å². The van der Waals surface area contributed by atoms with E-state index in [0.717, 1.165) is 0 Å². The predicted molar refractivity (Wildman–Crippen MR) is 76.6 cm³/mol. The minimum absolute atomic E-state index is 0.0252. The maximum atomic E-state index is 12.8. The molecule has 1 fully saturated rings. The summed E-state index contributed by atoms with van der Waals surface area (Å²) < 4.78 is 0. The summed E-state index contributed by atoms with van der Waals surface area (Å²) in [7, 11) is 0. The monoisotopic (exact) mass is 266 g/mol. The van der Waals surface area contributed by atoms with Crippen LogP contribution in [0.4, 0.5) is 0 Å². The van der Waals surface area contributed by atoms with Gasteiger partial charge in [0.2, 0.25) is 11.8 Å². The molecule has 1 atom stereocenters. The fourth-order valence-electron chi connectivity index (χ4n) is 2.71. The van der Waals surface area contributed by atoms with Gasteiger partial charge in [-0.05, 0) is 25.7 Å². The molecule has 0 aliphatic carbocycles. The predicted octanol–water partition coefficient (Wildman–Crippen LogP) is 2.10. The van der Waals surface area contributed by atoms with Gasteiger partial charge in [-0.3, -0.25) is 9.59 Å². The SMILES string of the molecule is C/C=C/CN1C(=O)C(CC)(CC)NC(=O)C1C(C)C. The molecule has 19 heavy (non-hydrogen) atoms. The summed E-state index contributed by atoms with van der Waals surface area (Å²) >= 11 is 0. The molecule has 0 radical (unpaired) electrons. The summed E-state index contributed by atoms with van der Waals surface area (Å²) in [5.74, 6) is 0.137. The minimum atomic E-state index is -0.718. The van der Waals surface area contributed by atoms with Gasteiger partial charge >= 0.3 is 0 Å². The molecule has 0 aromatic carbocycles. The number of allylic oxidation sites excluding steroid dienone is 1. The normalized spacial score (nSPS) is 23.3. The zero-order valence-corrected chi connectivity index (χ0v) is 12.7. The Morgan fingerprint density at radius 2 is 1.89 bits per heavy atom. The van der Waals surface area contributed by atoms with Crippen LogP contribution in [0.1, 0.15) is 47.5 Å². The molecule has 2 amide bonds. The average Bonchev–Trinajstić information content (AvgIpc) is 2.38. The number of piperazine rings is 1. The molecular formula is C15H26N2O2. The minimum Gasteiger partial charge on any atom is -0.340 e. The number of rotatable bonds is 5. The highest BCUT2D eigenvalue weighted by Gasteiger charge is 2.49. The van der Waals surface area contributed by atoms with Crippen molar-refractivity contribution in [3.8, 4) is 0 Å². The first-order chi connectivity index (χ1) is 8.93. The third kappa shape index (κ3) is 2.82. The summed E-state index contributed by atoms with van der Waals surface area (Å²) in [6, 6.07) is -0.366. The number of carbonyl (C=O) groups excluding carboxylic acids is 2. The molecule has 1 rings (SSSR count). The van der Waals surface area contributed by atoms with Gasteiger partial charge in [0, 0.05) is 6.54 Å². The number of nitrogens with one attached hydrogen (secondary N) is 1. The van der Waals surface area contributed by atoms with E-state index in [9.17, 15) is 9.59 Å². The van der Waals surface area contributed by atoms with Crippen molar-refractivity contribution in [2.24, 2.45) is 5.92 Å². The van der Waals surface area contributed by atoms with E-state index in [1.807, 2.05) is 46.8 Å². The van der Waals surface area contributed by atoms with E-state index in [2.05, 4.69) is 5.32 Å². The maximum absolute atomic E-state index is 12.8. The molecule has 1 N–H and O–H groups in total. The Morgan fingerprint density at radius 3 is 2.32 bits per heavy atom. The van der Waals surface area contributed by atoms with Gasteiger partial charge in [0.05, 0.1) is 0 Å². The molecule has 0 spiro atoms. The Hall–Kier alpha value is -1.32. The van der Waals surface area contributed by atoms with Crippen LogP contribution in [0.2, 0.25) is 0 Å². The van der Waals surface area contributed by atoms with Crippen molar-refractivity contribution >= 4 is 11.8 Å². The standard InChI is InChI=1S/C15H26N2O2/c1-6-9-10-17-12(11(4)5)13(18)16-15(7-2,8-3)14(17)19/h6,9,11-12H,7-8,10H2,1-5H3,(H,16,18)/b9-6+. The summed E-state index contributed by atoms with van der Waals surface area (Å²) in [6.45, 7) is 10.3. The first-order valence-electron chi connectivity index (χ1n) is 7.17. The van der Waals surface area contributed by atoms with Crippen molar-refractivity contribution in [3.63, 3.8) is 0 Å². The summed E-state index contributed by atoms with van der Waals surface area (Å²) in [5.41, 5.74) is -0.718. The lowest BCUT2D eigenvalue weighted by Gasteiger charge is -2.46. The van der Waals surface area contributed by atoms with Crippen LogP contribution < -0.4 is 5.32 Å². The Balaban J connectivity index is 3.14. The van der Waals surface area contributed by atoms with E-state index in [1.54, 1.807) is 4.90 Å². The van der Waals surface area contributed by atoms with Crippen molar-refractivity contribution in [3.05, 3.63) is 12.2 Å². The van der Waals surface area contributed by atoms with Gasteiger partial charge in [0.25, 0.3) is 0 Å². The second-order valence-corrected chi connectivity index (χ2v) is 5.49. The van der Waals surface area contributed by atoms with Gasteiger partial charge in [-0.2, -0.15) is 0 Å². The molecule has 4 nitrogen and oxygen atoms in total. The fraction of sp³-hybridized carbons (Fsp3) is 0.733. The van der Waals surface area contributed by atoms with Gasteiger partial charge in [0.1, 0.15) is 11.6 Å². The van der Waals surface area contributed by atoms with Crippen molar-refractivity contribution < 1.29 is 9.59 Å². The molecule has 1 aliphatic heterocycles. The lowest BCUT2D eigenvalue weighted by molar-refractivity contribution is -0.156. The van der Waals surface area contributed by atoms with E-state index in [4.69, 9.17) is 0 Å². The van der Waals surface area contributed by atoms with E-state index < -0.39 is 5.54 Å². The Labute approximate surface area is 116 Å². The Kier molecular flexibility index (Phi) is 5.15. The summed E-state index contributed by atoms with van der Waals surface area (Å²) in [5, 5.41) is 2.96. The molecule has 1 aliphatic rings. The van der Waals surface area contributed by atoms with Crippen molar-refractivity contribution in [2.75, 3.05) is 6.54 Å². The molecule has 108 valence electrons. The summed E-state index contributed by atoms with van der Waals surface area (Å²) in [4.78, 5) is 26.8. The average molecular weight is 266 g/mol. The van der Waals surface area contributed by atoms with Crippen LogP contribution in [0.25, 0.3) is 0 Å². The smallest absolute Gasteiger partial charge is 0.249 e. The van der Waals surface area contributed by atoms with Gasteiger partial charge in [-0.15, -0.1) is 0 Å². The first-order valence-corrected chi connectivity index (χ1v) is 7.17. The highest BCUT2D eigenvalue weighted by molar-refractivity contribution is 6.00. The van der Waals surface area contributed by atoms with Crippen LogP contribution in [-0.2, 0) is 9.59 Å². The van der Waals surface area contributed by atoms with E-state index >= 15 is 0 Å². The third-order valence-corrected chi connectivity index (χ3v) is 4.01. The summed E-state index contributed by atoms with van der Waals surface area (Å²) in [6.07, 6.45) is 5.11. The number of carbonyl (C=O) groups is 2. The molecule has 1 heterocycles. The lowest BCUT2D eigenvalue weighted by Crippen LogP contribution is -2.71. The second kappa shape index (κ2) is 6.22. The van der Waals surface area contributed by atoms with Gasteiger partial charge in [-0.25, -0.2) is 0 Å². The number of hydrogen-bond donors (Lipinski definition) is 1. The Bertz CT molecular complexity index is 370. The number of amides is 2. The molecule has 4 heteroatoms. The lowest BCUT2D eigenvalue weighted by atomic mass is 9.85. The molecule has 0 saturated carbocycles. The topological polar surface area (TPSA) is 49.4 Å². The van der Waals surface area contributed by atoms with Crippen molar-refractivity contribution in [1.29, 1.82) is 0 Å². The highest BCUT2D eigenvalue weighted by atomic mass is 16.2. The second-order valence-electron chi connectivity index (χ2n) is 5.49. The largest absolute Gasteiger partial charge is 0.340 e. The highest BCUT2D eigenvalue weighted by Crippen LogP contribution is 2.27. The zero-order chi connectivity index (χ0) is 14.6. The quantitative estimate of drug-likeness (QED) is 0.775. The third-order valence-electron chi connectivity index (χ3n) is 4.01. The van der Waals surface area contributed by atoms with Gasteiger partial charge in [0.15, 0.2) is 0 Å². The van der Waals surface area contributed by atoms with Crippen LogP contribution in [0, 0.1) is 5.92 Å². The van der Waals surface area contributed by atoms with Gasteiger partial charge in [-0.1, -0.05) is 39.8 Å². The molecule has 1 unspecified atom stereocenters. The number of hydrogen-bond acceptors (Lipinski definition) is 2. The molecular weight excluding hydrogens is 240 g/mol. The van der Waals surface area contributed by atoms with Crippen molar-refractivity contribution in [2.45, 2.75) is 59.0 Å². The van der Waals surface area contributed by atoms with E-state index in [-0.39, 0.29) is 23.8 Å². The fourth-order valence-corrected chi connectivity index (χ4v) is 2.71. The van der Waals surface area contributed by atoms with Crippen LogP contribution in [0.15, 0.2) is 12.2 Å². The zero-order valence-electron chi connectivity index (χ0n) is 12.7. The van der Waals surface area contributed by atoms with E-state index in [0.29, 0.717) is 19.4 Å². The first kappa shape index (κ1) is 15.7. The van der Waals surface area contributed by atoms with Crippen LogP contribution in [0.3, 0.4) is 0 Å². The maximum Gasteiger partial charge on any atom is 0.249 e. The van der Waals surface area contributed by atoms with E-state index in [1.165, 1.54) is 0 Å². The number of nitrogens with zero attached hydrogens (tertiary/aromatic N) is 1. The van der Waals surface area contributed by atoms with Crippen molar-refractivity contribution in [1.82, 2.24) is 10.2 Å². The molecule has 0 aromatic rings. The molecule has 0 bridgehead atoms.